The molecule has 12 heteroatoms. The van der Waals surface area contributed by atoms with E-state index in [1.807, 2.05) is 24.8 Å². The van der Waals surface area contributed by atoms with Gasteiger partial charge in [0.15, 0.2) is 0 Å². The number of anilines is 1. The molecule has 0 bridgehead atoms. The van der Waals surface area contributed by atoms with Gasteiger partial charge in [0.25, 0.3) is 11.5 Å². The fraction of sp³-hybridized carbons (Fsp3) is 0.487. The summed E-state index contributed by atoms with van der Waals surface area (Å²) >= 11 is 0. The predicted octanol–water partition coefficient (Wildman–Crippen LogP) is 4.96. The molecule has 0 fully saturated rings. The normalized spacial score (nSPS) is 13.3. The topological polar surface area (TPSA) is 160 Å². The molecule has 0 aliphatic heterocycles. The summed E-state index contributed by atoms with van der Waals surface area (Å²) in [6.45, 7) is 16.5. The number of terminal acetylenes is 1. The van der Waals surface area contributed by atoms with E-state index in [1.165, 1.54) is 0 Å². The molecule has 0 spiro atoms. The number of carbonyl (C=O) groups excluding carboxylic acids is 4. The van der Waals surface area contributed by atoms with Gasteiger partial charge in [-0.25, -0.2) is 14.6 Å². The zero-order chi connectivity index (χ0) is 38.1. The second-order valence-corrected chi connectivity index (χ2v) is 14.7. The van der Waals surface area contributed by atoms with Crippen molar-refractivity contribution in [2.45, 2.75) is 111 Å². The Morgan fingerprint density at radius 3 is 2.18 bits per heavy atom. The number of carbonyl (C=O) groups is 4. The van der Waals surface area contributed by atoms with Crippen molar-refractivity contribution in [1.29, 1.82) is 0 Å². The average molecular weight is 702 g/mol. The van der Waals surface area contributed by atoms with Crippen LogP contribution in [0.1, 0.15) is 96.4 Å². The van der Waals surface area contributed by atoms with Gasteiger partial charge in [0.1, 0.15) is 29.1 Å². The SMILES string of the molecule is C#CCN(Cc1ccc2nc(C)[nH]c(=O)c2c1)c1ccc(C(=O)N[C@@H](CCC(=O)N[C@H](C(=O)OC(C)(C)C)[C@@H](C)CC)C(=O)OC(C)(C)C)cc1. The van der Waals surface area contributed by atoms with Crippen LogP contribution in [0.15, 0.2) is 47.3 Å². The van der Waals surface area contributed by atoms with Crippen molar-refractivity contribution in [3.63, 3.8) is 0 Å². The average Bonchev–Trinajstić information content (AvgIpc) is 3.03. The molecule has 274 valence electrons. The number of H-pyrrole nitrogens is 1. The molecule has 3 aromatic rings. The number of rotatable bonds is 14. The third-order valence-corrected chi connectivity index (χ3v) is 7.89. The highest BCUT2D eigenvalue weighted by Gasteiger charge is 2.32. The number of hydrogen-bond donors (Lipinski definition) is 3. The first kappa shape index (κ1) is 40.3. The Morgan fingerprint density at radius 1 is 0.961 bits per heavy atom. The largest absolute Gasteiger partial charge is 0.458 e. The second kappa shape index (κ2) is 17.2. The van der Waals surface area contributed by atoms with Gasteiger partial charge in [0, 0.05) is 24.2 Å². The molecule has 3 rings (SSSR count). The first-order valence-electron chi connectivity index (χ1n) is 17.1. The van der Waals surface area contributed by atoms with Crippen LogP contribution in [-0.2, 0) is 30.4 Å². The van der Waals surface area contributed by atoms with E-state index >= 15 is 0 Å². The smallest absolute Gasteiger partial charge is 0.329 e. The molecule has 0 unspecified atom stereocenters. The molecule has 3 N–H and O–H groups in total. The van der Waals surface area contributed by atoms with Crippen LogP contribution in [0.3, 0.4) is 0 Å². The molecule has 0 aliphatic rings. The highest BCUT2D eigenvalue weighted by Crippen LogP contribution is 2.21. The van der Waals surface area contributed by atoms with Crippen molar-refractivity contribution in [2.24, 2.45) is 5.92 Å². The molecule has 3 atom stereocenters. The lowest BCUT2D eigenvalue weighted by Gasteiger charge is -2.28. The van der Waals surface area contributed by atoms with Crippen LogP contribution in [-0.4, -0.2) is 63.6 Å². The minimum atomic E-state index is -1.14. The maximum absolute atomic E-state index is 13.4. The summed E-state index contributed by atoms with van der Waals surface area (Å²) in [5.74, 6) is 0.770. The minimum Gasteiger partial charge on any atom is -0.458 e. The van der Waals surface area contributed by atoms with Gasteiger partial charge in [-0.15, -0.1) is 6.42 Å². The predicted molar refractivity (Wildman–Crippen MR) is 197 cm³/mol. The van der Waals surface area contributed by atoms with Gasteiger partial charge in [-0.05, 0) is 103 Å². The van der Waals surface area contributed by atoms with Gasteiger partial charge in [-0.3, -0.25) is 14.4 Å². The first-order chi connectivity index (χ1) is 23.8. The maximum Gasteiger partial charge on any atom is 0.329 e. The van der Waals surface area contributed by atoms with Crippen LogP contribution >= 0.6 is 0 Å². The zero-order valence-electron chi connectivity index (χ0n) is 31.1. The third kappa shape index (κ3) is 12.3. The number of aryl methyl sites for hydroxylation is 1. The van der Waals surface area contributed by atoms with Crippen molar-refractivity contribution in [3.05, 3.63) is 69.8 Å². The lowest BCUT2D eigenvalue weighted by Crippen LogP contribution is -2.49. The number of nitrogens with zero attached hydrogens (tertiary/aromatic N) is 2. The summed E-state index contributed by atoms with van der Waals surface area (Å²) in [4.78, 5) is 74.1. The monoisotopic (exact) mass is 701 g/mol. The van der Waals surface area contributed by atoms with Crippen LogP contribution in [0.25, 0.3) is 10.9 Å². The minimum absolute atomic E-state index is 0.0637. The number of aromatic nitrogens is 2. The molecule has 1 aromatic heterocycles. The van der Waals surface area contributed by atoms with Crippen LogP contribution in [0.5, 0.6) is 0 Å². The molecule has 0 aliphatic carbocycles. The van der Waals surface area contributed by atoms with Crippen molar-refractivity contribution >= 4 is 40.3 Å². The lowest BCUT2D eigenvalue weighted by molar-refractivity contribution is -0.161. The van der Waals surface area contributed by atoms with E-state index in [4.69, 9.17) is 15.9 Å². The Labute approximate surface area is 300 Å². The second-order valence-electron chi connectivity index (χ2n) is 14.7. The number of aromatic amines is 1. The summed E-state index contributed by atoms with van der Waals surface area (Å²) in [5.41, 5.74) is 0.672. The summed E-state index contributed by atoms with van der Waals surface area (Å²) in [5, 5.41) is 5.95. The summed E-state index contributed by atoms with van der Waals surface area (Å²) < 4.78 is 11.1. The number of amides is 2. The van der Waals surface area contributed by atoms with Gasteiger partial charge >= 0.3 is 11.9 Å². The Morgan fingerprint density at radius 2 is 1.59 bits per heavy atom. The Hall–Kier alpha value is -5.18. The summed E-state index contributed by atoms with van der Waals surface area (Å²) in [6.07, 6.45) is 6.08. The van der Waals surface area contributed by atoms with Crippen LogP contribution in [0, 0.1) is 25.2 Å². The Balaban J connectivity index is 1.75. The van der Waals surface area contributed by atoms with E-state index in [0.717, 1.165) is 11.3 Å². The fourth-order valence-corrected chi connectivity index (χ4v) is 5.21. The number of ether oxygens (including phenoxy) is 2. The van der Waals surface area contributed by atoms with Crippen molar-refractivity contribution in [2.75, 3.05) is 11.4 Å². The van der Waals surface area contributed by atoms with E-state index in [2.05, 4.69) is 26.5 Å². The van der Waals surface area contributed by atoms with Crippen molar-refractivity contribution in [3.8, 4) is 12.3 Å². The van der Waals surface area contributed by atoms with Gasteiger partial charge in [-0.2, -0.15) is 0 Å². The van der Waals surface area contributed by atoms with E-state index in [-0.39, 0.29) is 36.4 Å². The third-order valence-electron chi connectivity index (χ3n) is 7.89. The highest BCUT2D eigenvalue weighted by atomic mass is 16.6. The quantitative estimate of drug-likeness (QED) is 0.156. The molecule has 2 amide bonds. The van der Waals surface area contributed by atoms with Gasteiger partial charge in [0.05, 0.1) is 17.4 Å². The molecule has 0 radical (unpaired) electrons. The van der Waals surface area contributed by atoms with Gasteiger partial charge in [0.2, 0.25) is 5.91 Å². The molecular formula is C39H51N5O7. The number of nitrogens with one attached hydrogen (secondary N) is 3. The standard InChI is InChI=1S/C39H51N5O7/c1-11-21-44(23-26-13-18-30-29(22-26)35(47)41-25(4)40-30)28-16-14-27(15-17-28)34(46)42-31(36(48)50-38(5,6)7)19-20-32(45)43-33(24(3)12-2)37(49)51-39(8,9)10/h1,13-18,22,24,31,33H,12,19-21,23H2,2-10H3,(H,42,46)(H,43,45)(H,40,41,47)/t24-,31-,33-/m0/s1. The van der Waals surface area contributed by atoms with E-state index in [1.54, 1.807) is 84.9 Å². The number of esters is 2. The van der Waals surface area contributed by atoms with Crippen LogP contribution in [0.2, 0.25) is 0 Å². The Bertz CT molecular complexity index is 1810. The molecule has 1 heterocycles. The molecule has 51 heavy (non-hydrogen) atoms. The molecule has 0 saturated carbocycles. The molecule has 0 saturated heterocycles. The lowest BCUT2D eigenvalue weighted by atomic mass is 9.98. The summed E-state index contributed by atoms with van der Waals surface area (Å²) in [6, 6.07) is 10.2. The first-order valence-corrected chi connectivity index (χ1v) is 17.1. The highest BCUT2D eigenvalue weighted by molar-refractivity contribution is 5.97. The zero-order valence-corrected chi connectivity index (χ0v) is 31.1. The van der Waals surface area contributed by atoms with E-state index < -0.39 is 47.0 Å². The summed E-state index contributed by atoms with van der Waals surface area (Å²) in [7, 11) is 0. The van der Waals surface area contributed by atoms with Crippen molar-refractivity contribution < 1.29 is 28.7 Å². The van der Waals surface area contributed by atoms with Gasteiger partial charge < -0.3 is 30.0 Å². The molecule has 12 nitrogen and oxygen atoms in total. The van der Waals surface area contributed by atoms with Crippen molar-refractivity contribution in [1.82, 2.24) is 20.6 Å². The maximum atomic E-state index is 13.4. The number of hydrogen-bond acceptors (Lipinski definition) is 9. The van der Waals surface area contributed by atoms with Gasteiger partial charge in [-0.1, -0.05) is 32.3 Å². The van der Waals surface area contributed by atoms with Crippen LogP contribution < -0.4 is 21.1 Å². The molecular weight excluding hydrogens is 650 g/mol. The number of fused-ring (bicyclic) bond motifs is 1. The van der Waals surface area contributed by atoms with E-state index in [9.17, 15) is 24.0 Å². The Kier molecular flexibility index (Phi) is 13.5. The number of benzene rings is 2. The van der Waals surface area contributed by atoms with Crippen LogP contribution in [0.4, 0.5) is 5.69 Å². The van der Waals surface area contributed by atoms with E-state index in [0.29, 0.717) is 29.7 Å². The molecule has 2 aromatic carbocycles. The fourth-order valence-electron chi connectivity index (χ4n) is 5.21.